The van der Waals surface area contributed by atoms with Gasteiger partial charge in [0.05, 0.1) is 7.11 Å². The Morgan fingerprint density at radius 1 is 1.32 bits per heavy atom. The van der Waals surface area contributed by atoms with Crippen molar-refractivity contribution in [2.75, 3.05) is 27.2 Å². The van der Waals surface area contributed by atoms with Gasteiger partial charge in [-0.2, -0.15) is 0 Å². The van der Waals surface area contributed by atoms with Gasteiger partial charge in [0.15, 0.2) is 0 Å². The van der Waals surface area contributed by atoms with Gasteiger partial charge in [-0.3, -0.25) is 9.59 Å². The molecule has 0 aromatic heterocycles. The molecule has 0 bridgehead atoms. The number of amides is 1. The van der Waals surface area contributed by atoms with Gasteiger partial charge in [0.25, 0.3) is 0 Å². The van der Waals surface area contributed by atoms with E-state index < -0.39 is 0 Å². The molecule has 0 rings (SSSR count). The molecule has 0 saturated carbocycles. The first-order chi connectivity index (χ1) is 8.90. The summed E-state index contributed by atoms with van der Waals surface area (Å²) in [5.74, 6) is 0.656. The highest BCUT2D eigenvalue weighted by atomic mass is 16.5. The molecule has 0 spiro atoms. The number of rotatable bonds is 9. The van der Waals surface area contributed by atoms with Gasteiger partial charge in [0.1, 0.15) is 0 Å². The highest BCUT2D eigenvalue weighted by molar-refractivity contribution is 5.76. The van der Waals surface area contributed by atoms with Crippen molar-refractivity contribution in [1.29, 1.82) is 0 Å². The zero-order valence-electron chi connectivity index (χ0n) is 12.6. The molecule has 1 amide bonds. The van der Waals surface area contributed by atoms with E-state index in [0.717, 1.165) is 6.42 Å². The number of methoxy groups -OCH3 is 1. The molecule has 112 valence electrons. The van der Waals surface area contributed by atoms with Gasteiger partial charge in [-0.05, 0) is 31.2 Å². The van der Waals surface area contributed by atoms with Gasteiger partial charge in [-0.25, -0.2) is 0 Å². The van der Waals surface area contributed by atoms with Crippen LogP contribution in [0.5, 0.6) is 0 Å². The number of nitrogens with two attached hydrogens (primary N) is 1. The first kappa shape index (κ1) is 17.9. The van der Waals surface area contributed by atoms with E-state index in [-0.39, 0.29) is 17.8 Å². The van der Waals surface area contributed by atoms with Crippen LogP contribution in [-0.2, 0) is 14.3 Å². The van der Waals surface area contributed by atoms with Crippen molar-refractivity contribution >= 4 is 11.9 Å². The SMILES string of the molecule is COC(=O)CCCN(C)C(=O)C[C@@H](CN)CC(C)C. The lowest BCUT2D eigenvalue weighted by Gasteiger charge is -2.21. The van der Waals surface area contributed by atoms with Crippen LogP contribution in [0.3, 0.4) is 0 Å². The third-order valence-electron chi connectivity index (χ3n) is 3.13. The highest BCUT2D eigenvalue weighted by Crippen LogP contribution is 2.15. The van der Waals surface area contributed by atoms with E-state index in [1.807, 2.05) is 0 Å². The summed E-state index contributed by atoms with van der Waals surface area (Å²) in [6.45, 7) is 5.38. The minimum Gasteiger partial charge on any atom is -0.469 e. The Bertz CT molecular complexity index is 280. The smallest absolute Gasteiger partial charge is 0.305 e. The number of hydrogen-bond acceptors (Lipinski definition) is 4. The van der Waals surface area contributed by atoms with Gasteiger partial charge >= 0.3 is 5.97 Å². The van der Waals surface area contributed by atoms with E-state index in [2.05, 4.69) is 18.6 Å². The first-order valence-corrected chi connectivity index (χ1v) is 6.91. The van der Waals surface area contributed by atoms with Crippen LogP contribution < -0.4 is 5.73 Å². The molecule has 0 radical (unpaired) electrons. The average molecular weight is 272 g/mol. The monoisotopic (exact) mass is 272 g/mol. The van der Waals surface area contributed by atoms with Crippen LogP contribution in [0.1, 0.15) is 39.5 Å². The maximum Gasteiger partial charge on any atom is 0.305 e. The van der Waals surface area contributed by atoms with E-state index in [1.165, 1.54) is 7.11 Å². The van der Waals surface area contributed by atoms with Crippen molar-refractivity contribution in [2.45, 2.75) is 39.5 Å². The van der Waals surface area contributed by atoms with Gasteiger partial charge in [0.2, 0.25) is 5.91 Å². The maximum absolute atomic E-state index is 12.0. The van der Waals surface area contributed by atoms with Gasteiger partial charge in [-0.15, -0.1) is 0 Å². The van der Waals surface area contributed by atoms with Crippen LogP contribution in [0.15, 0.2) is 0 Å². The molecular weight excluding hydrogens is 244 g/mol. The van der Waals surface area contributed by atoms with Crippen molar-refractivity contribution in [3.8, 4) is 0 Å². The fourth-order valence-electron chi connectivity index (χ4n) is 2.02. The second kappa shape index (κ2) is 9.78. The molecule has 0 aromatic carbocycles. The van der Waals surface area contributed by atoms with Crippen molar-refractivity contribution in [1.82, 2.24) is 4.90 Å². The van der Waals surface area contributed by atoms with Crippen LogP contribution in [0.4, 0.5) is 0 Å². The van der Waals surface area contributed by atoms with E-state index in [0.29, 0.717) is 38.3 Å². The lowest BCUT2D eigenvalue weighted by atomic mass is 9.94. The number of hydrogen-bond donors (Lipinski definition) is 1. The summed E-state index contributed by atoms with van der Waals surface area (Å²) >= 11 is 0. The third kappa shape index (κ3) is 8.59. The topological polar surface area (TPSA) is 72.6 Å². The summed E-state index contributed by atoms with van der Waals surface area (Å²) in [6, 6.07) is 0. The highest BCUT2D eigenvalue weighted by Gasteiger charge is 2.17. The molecule has 19 heavy (non-hydrogen) atoms. The summed E-state index contributed by atoms with van der Waals surface area (Å²) in [4.78, 5) is 24.6. The van der Waals surface area contributed by atoms with Crippen molar-refractivity contribution in [2.24, 2.45) is 17.6 Å². The Morgan fingerprint density at radius 3 is 2.42 bits per heavy atom. The maximum atomic E-state index is 12.0. The Balaban J connectivity index is 4.00. The number of esters is 1. The number of ether oxygens (including phenoxy) is 1. The van der Waals surface area contributed by atoms with Crippen molar-refractivity contribution in [3.05, 3.63) is 0 Å². The van der Waals surface area contributed by atoms with E-state index >= 15 is 0 Å². The lowest BCUT2D eigenvalue weighted by molar-refractivity contribution is -0.141. The van der Waals surface area contributed by atoms with Crippen LogP contribution in [0.2, 0.25) is 0 Å². The Labute approximate surface area is 116 Å². The van der Waals surface area contributed by atoms with E-state index in [1.54, 1.807) is 11.9 Å². The minimum atomic E-state index is -0.236. The molecule has 5 nitrogen and oxygen atoms in total. The average Bonchev–Trinajstić information content (AvgIpc) is 2.36. The van der Waals surface area contributed by atoms with Crippen LogP contribution in [-0.4, -0.2) is 44.0 Å². The molecule has 5 heteroatoms. The van der Waals surface area contributed by atoms with E-state index in [9.17, 15) is 9.59 Å². The van der Waals surface area contributed by atoms with Crippen LogP contribution in [0, 0.1) is 11.8 Å². The lowest BCUT2D eigenvalue weighted by Crippen LogP contribution is -2.31. The van der Waals surface area contributed by atoms with E-state index in [4.69, 9.17) is 5.73 Å². The molecule has 0 saturated heterocycles. The Kier molecular flexibility index (Phi) is 9.21. The Hall–Kier alpha value is -1.10. The van der Waals surface area contributed by atoms with Crippen molar-refractivity contribution < 1.29 is 14.3 Å². The third-order valence-corrected chi connectivity index (χ3v) is 3.13. The minimum absolute atomic E-state index is 0.0981. The molecule has 0 fully saturated rings. The summed E-state index contributed by atoms with van der Waals surface area (Å²) in [7, 11) is 3.14. The van der Waals surface area contributed by atoms with Gasteiger partial charge in [-0.1, -0.05) is 13.8 Å². The fourth-order valence-corrected chi connectivity index (χ4v) is 2.02. The molecule has 1 atom stereocenters. The second-order valence-corrected chi connectivity index (χ2v) is 5.43. The normalized spacial score (nSPS) is 12.3. The summed E-state index contributed by atoms with van der Waals surface area (Å²) < 4.78 is 4.56. The molecule has 0 heterocycles. The zero-order valence-corrected chi connectivity index (χ0v) is 12.6. The molecular formula is C14H28N2O3. The summed E-state index contributed by atoms with van der Waals surface area (Å²) in [5.41, 5.74) is 5.70. The van der Waals surface area contributed by atoms with Gasteiger partial charge in [0, 0.05) is 26.4 Å². The quantitative estimate of drug-likeness (QED) is 0.644. The van der Waals surface area contributed by atoms with Gasteiger partial charge < -0.3 is 15.4 Å². The molecule has 0 aliphatic carbocycles. The molecule has 0 aromatic rings. The van der Waals surface area contributed by atoms with Crippen molar-refractivity contribution in [3.63, 3.8) is 0 Å². The fraction of sp³-hybridized carbons (Fsp3) is 0.857. The molecule has 0 aliphatic heterocycles. The standard InChI is InChI=1S/C14H28N2O3/c1-11(2)8-12(10-15)9-13(17)16(3)7-5-6-14(18)19-4/h11-12H,5-10,15H2,1-4H3/t12-/m0/s1. The largest absolute Gasteiger partial charge is 0.469 e. The zero-order chi connectivity index (χ0) is 14.8. The second-order valence-electron chi connectivity index (χ2n) is 5.43. The number of carbonyl (C=O) groups is 2. The molecule has 2 N–H and O–H groups in total. The summed E-state index contributed by atoms with van der Waals surface area (Å²) in [5, 5.41) is 0. The first-order valence-electron chi connectivity index (χ1n) is 6.91. The molecule has 0 aliphatic rings. The number of nitrogens with zero attached hydrogens (tertiary/aromatic N) is 1. The molecule has 0 unspecified atom stereocenters. The van der Waals surface area contributed by atoms with Crippen LogP contribution in [0.25, 0.3) is 0 Å². The predicted octanol–water partition coefficient (Wildman–Crippen LogP) is 1.41. The summed E-state index contributed by atoms with van der Waals surface area (Å²) in [6.07, 6.45) is 2.44. The van der Waals surface area contributed by atoms with Crippen LogP contribution >= 0.6 is 0 Å². The predicted molar refractivity (Wildman–Crippen MR) is 75.5 cm³/mol. The number of carbonyl (C=O) groups excluding carboxylic acids is 2. The Morgan fingerprint density at radius 2 is 1.95 bits per heavy atom.